The molecule has 0 atom stereocenters. The van der Waals surface area contributed by atoms with Gasteiger partial charge in [0.05, 0.1) is 32.5 Å². The van der Waals surface area contributed by atoms with Crippen LogP contribution in [0.4, 0.5) is 0 Å². The molecular formula is C14H20N2O4. The van der Waals surface area contributed by atoms with E-state index < -0.39 is 0 Å². The average molecular weight is 280 g/mol. The molecule has 1 aliphatic heterocycles. The Morgan fingerprint density at radius 3 is 2.85 bits per heavy atom. The molecule has 6 nitrogen and oxygen atoms in total. The Bertz CT molecular complexity index is 433. The summed E-state index contributed by atoms with van der Waals surface area (Å²) in [6.45, 7) is 4.55. The monoisotopic (exact) mass is 280 g/mol. The fourth-order valence-corrected chi connectivity index (χ4v) is 2.00. The van der Waals surface area contributed by atoms with Crippen molar-refractivity contribution in [3.05, 3.63) is 29.8 Å². The van der Waals surface area contributed by atoms with Gasteiger partial charge in [-0.3, -0.25) is 14.5 Å². The lowest BCUT2D eigenvalue weighted by Crippen LogP contribution is -2.39. The van der Waals surface area contributed by atoms with Gasteiger partial charge in [0, 0.05) is 19.6 Å². The lowest BCUT2D eigenvalue weighted by Gasteiger charge is -2.26. The summed E-state index contributed by atoms with van der Waals surface area (Å²) in [5.41, 5.74) is 2.90. The number of rotatable bonds is 6. The van der Waals surface area contributed by atoms with Gasteiger partial charge in [-0.25, -0.2) is 5.48 Å². The molecule has 2 rings (SSSR count). The molecule has 6 heteroatoms. The summed E-state index contributed by atoms with van der Waals surface area (Å²) >= 11 is 0. The summed E-state index contributed by atoms with van der Waals surface area (Å²) in [4.78, 5) is 19.4. The van der Waals surface area contributed by atoms with Crippen LogP contribution in [-0.2, 0) is 9.57 Å². The summed E-state index contributed by atoms with van der Waals surface area (Å²) < 4.78 is 10.4. The summed E-state index contributed by atoms with van der Waals surface area (Å²) in [5, 5.41) is 0. The van der Waals surface area contributed by atoms with Crippen molar-refractivity contribution in [3.63, 3.8) is 0 Å². The molecule has 1 aromatic carbocycles. The number of carbonyl (C=O) groups is 1. The third kappa shape index (κ3) is 4.19. The number of methoxy groups -OCH3 is 1. The molecular weight excluding hydrogens is 260 g/mol. The van der Waals surface area contributed by atoms with E-state index in [4.69, 9.17) is 14.3 Å². The number of morpholine rings is 1. The first-order valence-corrected chi connectivity index (χ1v) is 6.66. The third-order valence-electron chi connectivity index (χ3n) is 3.13. The average Bonchev–Trinajstić information content (AvgIpc) is 2.52. The lowest BCUT2D eigenvalue weighted by molar-refractivity contribution is -0.00185. The van der Waals surface area contributed by atoms with E-state index in [1.165, 1.54) is 7.11 Å². The predicted molar refractivity (Wildman–Crippen MR) is 73.7 cm³/mol. The molecule has 0 unspecified atom stereocenters. The van der Waals surface area contributed by atoms with Crippen LogP contribution < -0.4 is 10.2 Å². The van der Waals surface area contributed by atoms with Crippen molar-refractivity contribution in [2.45, 2.75) is 0 Å². The maximum absolute atomic E-state index is 11.9. The molecule has 20 heavy (non-hydrogen) atoms. The van der Waals surface area contributed by atoms with E-state index in [0.717, 1.165) is 32.8 Å². The van der Waals surface area contributed by atoms with Gasteiger partial charge in [0.1, 0.15) is 5.75 Å². The van der Waals surface area contributed by atoms with Crippen LogP contribution in [0.5, 0.6) is 5.75 Å². The second-order valence-electron chi connectivity index (χ2n) is 4.43. The van der Waals surface area contributed by atoms with E-state index >= 15 is 0 Å². The van der Waals surface area contributed by atoms with Gasteiger partial charge >= 0.3 is 0 Å². The molecule has 1 heterocycles. The van der Waals surface area contributed by atoms with Crippen LogP contribution in [0, 0.1) is 0 Å². The van der Waals surface area contributed by atoms with Gasteiger partial charge in [-0.1, -0.05) is 12.1 Å². The Balaban J connectivity index is 1.72. The minimum atomic E-state index is -0.301. The first kappa shape index (κ1) is 14.8. The van der Waals surface area contributed by atoms with Crippen molar-refractivity contribution in [1.29, 1.82) is 0 Å². The molecule has 1 saturated heterocycles. The van der Waals surface area contributed by atoms with Crippen LogP contribution in [0.3, 0.4) is 0 Å². The molecule has 1 aliphatic rings. The van der Waals surface area contributed by atoms with Crippen LogP contribution in [-0.4, -0.2) is 57.4 Å². The molecule has 0 aliphatic carbocycles. The van der Waals surface area contributed by atoms with E-state index in [0.29, 0.717) is 17.9 Å². The number of nitrogens with one attached hydrogen (secondary N) is 1. The van der Waals surface area contributed by atoms with E-state index in [2.05, 4.69) is 10.4 Å². The molecule has 0 spiro atoms. The zero-order valence-corrected chi connectivity index (χ0v) is 11.6. The fourth-order valence-electron chi connectivity index (χ4n) is 2.00. The predicted octanol–water partition coefficient (Wildman–Crippen LogP) is 0.689. The maximum atomic E-state index is 11.9. The highest BCUT2D eigenvalue weighted by Crippen LogP contribution is 2.16. The van der Waals surface area contributed by atoms with Gasteiger partial charge < -0.3 is 9.47 Å². The van der Waals surface area contributed by atoms with E-state index in [9.17, 15) is 4.79 Å². The Labute approximate surface area is 118 Å². The van der Waals surface area contributed by atoms with Crippen molar-refractivity contribution >= 4 is 5.91 Å². The van der Waals surface area contributed by atoms with E-state index in [-0.39, 0.29) is 5.91 Å². The highest BCUT2D eigenvalue weighted by atomic mass is 16.7. The molecule has 110 valence electrons. The summed E-state index contributed by atoms with van der Waals surface area (Å²) in [6.07, 6.45) is 0. The number of ether oxygens (including phenoxy) is 2. The number of hydrogen-bond donors (Lipinski definition) is 1. The Kier molecular flexibility index (Phi) is 5.79. The first-order chi connectivity index (χ1) is 9.81. The molecule has 0 bridgehead atoms. The number of benzene rings is 1. The lowest BCUT2D eigenvalue weighted by atomic mass is 10.2. The smallest absolute Gasteiger partial charge is 0.278 e. The standard InChI is InChI=1S/C14H20N2O4/c1-18-13-5-3-2-4-12(13)14(17)15-20-11-8-16-6-9-19-10-7-16/h2-5H,6-11H2,1H3,(H,15,17). The van der Waals surface area contributed by atoms with Crippen molar-refractivity contribution in [3.8, 4) is 5.75 Å². The summed E-state index contributed by atoms with van der Waals surface area (Å²) in [7, 11) is 1.53. The Morgan fingerprint density at radius 2 is 2.10 bits per heavy atom. The van der Waals surface area contributed by atoms with Crippen molar-refractivity contribution in [2.75, 3.05) is 46.6 Å². The van der Waals surface area contributed by atoms with Crippen LogP contribution in [0.1, 0.15) is 10.4 Å². The van der Waals surface area contributed by atoms with Gasteiger partial charge in [0.25, 0.3) is 5.91 Å². The highest BCUT2D eigenvalue weighted by molar-refractivity contribution is 5.96. The molecule has 0 aromatic heterocycles. The quantitative estimate of drug-likeness (QED) is 0.613. The SMILES string of the molecule is COc1ccccc1C(=O)NOCCN1CCOCC1. The first-order valence-electron chi connectivity index (χ1n) is 6.66. The minimum Gasteiger partial charge on any atom is -0.496 e. The van der Waals surface area contributed by atoms with Gasteiger partial charge in [-0.15, -0.1) is 0 Å². The number of hydroxylamine groups is 1. The zero-order chi connectivity index (χ0) is 14.2. The molecule has 0 radical (unpaired) electrons. The van der Waals surface area contributed by atoms with Gasteiger partial charge in [0.15, 0.2) is 0 Å². The van der Waals surface area contributed by atoms with Crippen LogP contribution in [0.15, 0.2) is 24.3 Å². The normalized spacial score (nSPS) is 15.8. The maximum Gasteiger partial charge on any atom is 0.278 e. The Hall–Kier alpha value is -1.63. The number of nitrogens with zero attached hydrogens (tertiary/aromatic N) is 1. The van der Waals surface area contributed by atoms with E-state index in [1.54, 1.807) is 18.2 Å². The highest BCUT2D eigenvalue weighted by Gasteiger charge is 2.12. The van der Waals surface area contributed by atoms with Crippen LogP contribution >= 0.6 is 0 Å². The second-order valence-corrected chi connectivity index (χ2v) is 4.43. The van der Waals surface area contributed by atoms with Crippen molar-refractivity contribution in [1.82, 2.24) is 10.4 Å². The minimum absolute atomic E-state index is 0.301. The second kappa shape index (κ2) is 7.84. The largest absolute Gasteiger partial charge is 0.496 e. The van der Waals surface area contributed by atoms with Crippen LogP contribution in [0.25, 0.3) is 0 Å². The number of para-hydroxylation sites is 1. The molecule has 1 fully saturated rings. The van der Waals surface area contributed by atoms with Crippen molar-refractivity contribution in [2.24, 2.45) is 0 Å². The zero-order valence-electron chi connectivity index (χ0n) is 11.6. The topological polar surface area (TPSA) is 60.0 Å². The number of carbonyl (C=O) groups excluding carboxylic acids is 1. The van der Waals surface area contributed by atoms with Crippen molar-refractivity contribution < 1.29 is 19.1 Å². The van der Waals surface area contributed by atoms with Gasteiger partial charge in [-0.2, -0.15) is 0 Å². The summed E-state index contributed by atoms with van der Waals surface area (Å²) in [5.74, 6) is 0.228. The fraction of sp³-hybridized carbons (Fsp3) is 0.500. The third-order valence-corrected chi connectivity index (χ3v) is 3.13. The molecule has 0 saturated carbocycles. The summed E-state index contributed by atoms with van der Waals surface area (Å²) in [6, 6.07) is 7.03. The molecule has 1 amide bonds. The van der Waals surface area contributed by atoms with Gasteiger partial charge in [0.2, 0.25) is 0 Å². The number of hydrogen-bond acceptors (Lipinski definition) is 5. The Morgan fingerprint density at radius 1 is 1.35 bits per heavy atom. The molecule has 1 aromatic rings. The number of amides is 1. The van der Waals surface area contributed by atoms with E-state index in [1.807, 2.05) is 6.07 Å². The van der Waals surface area contributed by atoms with Crippen LogP contribution in [0.2, 0.25) is 0 Å². The van der Waals surface area contributed by atoms with Gasteiger partial charge in [-0.05, 0) is 12.1 Å². The molecule has 1 N–H and O–H groups in total.